The van der Waals surface area contributed by atoms with E-state index in [4.69, 9.17) is 15.2 Å². The molecule has 1 aliphatic heterocycles. The average Bonchev–Trinajstić information content (AvgIpc) is 2.68. The highest BCUT2D eigenvalue weighted by Gasteiger charge is 2.20. The van der Waals surface area contributed by atoms with Gasteiger partial charge in [0.05, 0.1) is 20.2 Å². The number of nitrogens with zero attached hydrogens (tertiary/aromatic N) is 2. The zero-order valence-corrected chi connectivity index (χ0v) is 19.8. The van der Waals surface area contributed by atoms with Crippen LogP contribution in [0.15, 0.2) is 29.3 Å². The Bertz CT molecular complexity index is 634. The summed E-state index contributed by atoms with van der Waals surface area (Å²) in [5.41, 5.74) is 5.27. The number of nitrogens with two attached hydrogens (primary N) is 1. The van der Waals surface area contributed by atoms with E-state index in [0.29, 0.717) is 19.1 Å². The second-order valence-electron chi connectivity index (χ2n) is 6.98. The van der Waals surface area contributed by atoms with E-state index in [-0.39, 0.29) is 36.0 Å². The van der Waals surface area contributed by atoms with Crippen LogP contribution in [0.25, 0.3) is 0 Å². The molecule has 0 spiro atoms. The lowest BCUT2D eigenvalue weighted by Gasteiger charge is -2.32. The number of ether oxygens (including phenoxy) is 2. The molecule has 1 heterocycles. The molecule has 0 aromatic heterocycles. The first kappa shape index (κ1) is 25.3. The molecule has 1 amide bonds. The maximum absolute atomic E-state index is 11.0. The molecule has 9 heteroatoms. The first-order valence-electron chi connectivity index (χ1n) is 9.86. The standard InChI is InChI=1S/C20H33N5O3.HI/c1-4-22-20(24-16-9-11-25(12-10-16)14-19(21)26)23-13-15(2)28-18-7-5-17(27-3)6-8-18;/h5-8,15-16H,4,9-14H2,1-3H3,(H2,21,26)(H2,22,23,24);1H. The monoisotopic (exact) mass is 519 g/mol. The number of amides is 1. The van der Waals surface area contributed by atoms with Crippen LogP contribution in [0.4, 0.5) is 0 Å². The molecule has 1 fully saturated rings. The summed E-state index contributed by atoms with van der Waals surface area (Å²) in [6, 6.07) is 7.87. The van der Waals surface area contributed by atoms with Crippen molar-refractivity contribution in [1.29, 1.82) is 0 Å². The van der Waals surface area contributed by atoms with Gasteiger partial charge in [0, 0.05) is 25.7 Å². The van der Waals surface area contributed by atoms with E-state index < -0.39 is 0 Å². The third kappa shape index (κ3) is 9.53. The van der Waals surface area contributed by atoms with Crippen molar-refractivity contribution >= 4 is 35.8 Å². The van der Waals surface area contributed by atoms with Crippen LogP contribution in [-0.2, 0) is 4.79 Å². The summed E-state index contributed by atoms with van der Waals surface area (Å²) >= 11 is 0. The van der Waals surface area contributed by atoms with Crippen molar-refractivity contribution in [3.8, 4) is 11.5 Å². The van der Waals surface area contributed by atoms with E-state index in [1.54, 1.807) is 7.11 Å². The van der Waals surface area contributed by atoms with Gasteiger partial charge in [-0.2, -0.15) is 0 Å². The van der Waals surface area contributed by atoms with Gasteiger partial charge in [0.2, 0.25) is 5.91 Å². The minimum Gasteiger partial charge on any atom is -0.497 e. The van der Waals surface area contributed by atoms with Crippen LogP contribution in [0.1, 0.15) is 26.7 Å². The van der Waals surface area contributed by atoms with Crippen molar-refractivity contribution in [2.24, 2.45) is 10.7 Å². The largest absolute Gasteiger partial charge is 0.497 e. The van der Waals surface area contributed by atoms with Gasteiger partial charge in [0.15, 0.2) is 5.96 Å². The van der Waals surface area contributed by atoms with Gasteiger partial charge in [-0.25, -0.2) is 4.99 Å². The number of carbonyl (C=O) groups excluding carboxylic acids is 1. The molecule has 1 unspecified atom stereocenters. The summed E-state index contributed by atoms with van der Waals surface area (Å²) in [6.45, 7) is 7.43. The van der Waals surface area contributed by atoms with Crippen molar-refractivity contribution in [2.75, 3.05) is 39.8 Å². The Morgan fingerprint density at radius 1 is 1.28 bits per heavy atom. The maximum atomic E-state index is 11.0. The topological polar surface area (TPSA) is 101 Å². The van der Waals surface area contributed by atoms with Crippen LogP contribution < -0.4 is 25.8 Å². The predicted molar refractivity (Wildman–Crippen MR) is 126 cm³/mol. The smallest absolute Gasteiger partial charge is 0.231 e. The van der Waals surface area contributed by atoms with Gasteiger partial charge in [-0.1, -0.05) is 0 Å². The van der Waals surface area contributed by atoms with E-state index in [2.05, 4.69) is 20.5 Å². The molecule has 1 aromatic rings. The Morgan fingerprint density at radius 2 is 1.90 bits per heavy atom. The Kier molecular flexibility index (Phi) is 11.7. The number of halogens is 1. The molecule has 1 aliphatic rings. The Labute approximate surface area is 190 Å². The zero-order valence-electron chi connectivity index (χ0n) is 17.5. The minimum atomic E-state index is -0.271. The molecule has 0 bridgehead atoms. The number of nitrogens with one attached hydrogen (secondary N) is 2. The number of rotatable bonds is 9. The van der Waals surface area contributed by atoms with Crippen molar-refractivity contribution in [2.45, 2.75) is 38.8 Å². The van der Waals surface area contributed by atoms with Crippen molar-refractivity contribution in [3.05, 3.63) is 24.3 Å². The van der Waals surface area contributed by atoms with Crippen molar-refractivity contribution in [3.63, 3.8) is 0 Å². The van der Waals surface area contributed by atoms with Gasteiger partial charge in [0.1, 0.15) is 17.6 Å². The third-order valence-electron chi connectivity index (χ3n) is 4.56. The van der Waals surface area contributed by atoms with Crippen LogP contribution in [-0.4, -0.2) is 68.7 Å². The van der Waals surface area contributed by atoms with E-state index in [1.807, 2.05) is 38.1 Å². The molecule has 1 atom stereocenters. The number of piperidine rings is 1. The number of carbonyl (C=O) groups is 1. The van der Waals surface area contributed by atoms with E-state index in [0.717, 1.165) is 49.9 Å². The van der Waals surface area contributed by atoms with Gasteiger partial charge in [-0.15, -0.1) is 24.0 Å². The van der Waals surface area contributed by atoms with Crippen LogP contribution in [0.3, 0.4) is 0 Å². The number of hydrogen-bond donors (Lipinski definition) is 3. The molecule has 4 N–H and O–H groups in total. The molecule has 164 valence electrons. The SMILES string of the molecule is CCNC(=NCC(C)Oc1ccc(OC)cc1)NC1CCN(CC(N)=O)CC1.I. The fourth-order valence-corrected chi connectivity index (χ4v) is 3.11. The molecule has 0 radical (unpaired) electrons. The van der Waals surface area contributed by atoms with E-state index in [1.165, 1.54) is 0 Å². The van der Waals surface area contributed by atoms with E-state index in [9.17, 15) is 4.79 Å². The van der Waals surface area contributed by atoms with Gasteiger partial charge in [-0.3, -0.25) is 9.69 Å². The normalized spacial score (nSPS) is 16.4. The summed E-state index contributed by atoms with van der Waals surface area (Å²) in [6.07, 6.45) is 1.85. The lowest BCUT2D eigenvalue weighted by Crippen LogP contribution is -2.50. The molecule has 1 saturated heterocycles. The third-order valence-corrected chi connectivity index (χ3v) is 4.56. The van der Waals surface area contributed by atoms with E-state index >= 15 is 0 Å². The second kappa shape index (κ2) is 13.5. The molecule has 0 aliphatic carbocycles. The number of primary amides is 1. The number of hydrogen-bond acceptors (Lipinski definition) is 5. The average molecular weight is 519 g/mol. The lowest BCUT2D eigenvalue weighted by molar-refractivity contribution is -0.119. The Balaban J connectivity index is 0.00000420. The summed E-state index contributed by atoms with van der Waals surface area (Å²) < 4.78 is 11.1. The lowest BCUT2D eigenvalue weighted by atomic mass is 10.1. The maximum Gasteiger partial charge on any atom is 0.231 e. The summed E-state index contributed by atoms with van der Waals surface area (Å²) in [7, 11) is 1.64. The molecule has 29 heavy (non-hydrogen) atoms. The number of guanidine groups is 1. The second-order valence-corrected chi connectivity index (χ2v) is 6.98. The Hall–Kier alpha value is -1.75. The summed E-state index contributed by atoms with van der Waals surface area (Å²) in [5, 5.41) is 6.78. The van der Waals surface area contributed by atoms with Crippen LogP contribution in [0, 0.1) is 0 Å². The minimum absolute atomic E-state index is 0. The number of benzene rings is 1. The molecule has 1 aromatic carbocycles. The molecule has 2 rings (SSSR count). The van der Waals surface area contributed by atoms with Crippen LogP contribution >= 0.6 is 24.0 Å². The molecule has 0 saturated carbocycles. The Morgan fingerprint density at radius 3 is 2.45 bits per heavy atom. The zero-order chi connectivity index (χ0) is 20.4. The van der Waals surface area contributed by atoms with Crippen LogP contribution in [0.5, 0.6) is 11.5 Å². The van der Waals surface area contributed by atoms with Crippen molar-refractivity contribution in [1.82, 2.24) is 15.5 Å². The molecular formula is C20H34IN5O3. The highest BCUT2D eigenvalue weighted by atomic mass is 127. The fraction of sp³-hybridized carbons (Fsp3) is 0.600. The molecular weight excluding hydrogens is 485 g/mol. The van der Waals surface area contributed by atoms with Crippen molar-refractivity contribution < 1.29 is 14.3 Å². The summed E-state index contributed by atoms with van der Waals surface area (Å²) in [5.74, 6) is 2.12. The summed E-state index contributed by atoms with van der Waals surface area (Å²) in [4.78, 5) is 17.8. The van der Waals surface area contributed by atoms with Gasteiger partial charge in [0.25, 0.3) is 0 Å². The first-order valence-corrected chi connectivity index (χ1v) is 9.86. The quantitative estimate of drug-likeness (QED) is 0.260. The molecule has 8 nitrogen and oxygen atoms in total. The fourth-order valence-electron chi connectivity index (χ4n) is 3.11. The van der Waals surface area contributed by atoms with Gasteiger partial charge < -0.3 is 25.8 Å². The number of likely N-dealkylation sites (tertiary alicyclic amines) is 1. The number of aliphatic imine (C=N–C) groups is 1. The highest BCUT2D eigenvalue weighted by molar-refractivity contribution is 14.0. The van der Waals surface area contributed by atoms with Gasteiger partial charge >= 0.3 is 0 Å². The van der Waals surface area contributed by atoms with Gasteiger partial charge in [-0.05, 0) is 51.0 Å². The van der Waals surface area contributed by atoms with Crippen LogP contribution in [0.2, 0.25) is 0 Å². The number of methoxy groups -OCH3 is 1. The first-order chi connectivity index (χ1) is 13.5. The predicted octanol–water partition coefficient (Wildman–Crippen LogP) is 1.59. The highest BCUT2D eigenvalue weighted by Crippen LogP contribution is 2.18.